The van der Waals surface area contributed by atoms with Crippen molar-refractivity contribution in [3.05, 3.63) is 63.6 Å². The van der Waals surface area contributed by atoms with E-state index < -0.39 is 0 Å². The number of methoxy groups -OCH3 is 1. The van der Waals surface area contributed by atoms with E-state index in [-0.39, 0.29) is 18.4 Å². The normalized spacial score (nSPS) is 11.8. The first kappa shape index (κ1) is 16.7. The smallest absolute Gasteiger partial charge is 0.225 e. The van der Waals surface area contributed by atoms with Gasteiger partial charge in [0.25, 0.3) is 0 Å². The number of amides is 1. The van der Waals surface area contributed by atoms with Crippen LogP contribution in [0.25, 0.3) is 0 Å². The largest absolute Gasteiger partial charge is 0.497 e. The molecule has 2 aromatic carbocycles. The maximum Gasteiger partial charge on any atom is 0.225 e. The number of rotatable bonds is 5. The predicted molar refractivity (Wildman–Crippen MR) is 89.7 cm³/mol. The van der Waals surface area contributed by atoms with Crippen molar-refractivity contribution in [2.24, 2.45) is 0 Å². The highest BCUT2D eigenvalue weighted by atomic mass is 35.5. The summed E-state index contributed by atoms with van der Waals surface area (Å²) in [6, 6.07) is 12.7. The Morgan fingerprint density at radius 1 is 1.18 bits per heavy atom. The van der Waals surface area contributed by atoms with Crippen molar-refractivity contribution in [1.82, 2.24) is 5.32 Å². The zero-order chi connectivity index (χ0) is 16.1. The van der Waals surface area contributed by atoms with Crippen LogP contribution in [0.5, 0.6) is 5.75 Å². The maximum absolute atomic E-state index is 12.2. The van der Waals surface area contributed by atoms with Gasteiger partial charge in [-0.05, 0) is 42.3 Å². The van der Waals surface area contributed by atoms with Gasteiger partial charge in [-0.2, -0.15) is 0 Å². The van der Waals surface area contributed by atoms with Crippen molar-refractivity contribution >= 4 is 29.1 Å². The highest BCUT2D eigenvalue weighted by Gasteiger charge is 2.14. The molecule has 0 saturated carbocycles. The zero-order valence-electron chi connectivity index (χ0n) is 12.4. The van der Waals surface area contributed by atoms with Gasteiger partial charge >= 0.3 is 0 Å². The van der Waals surface area contributed by atoms with Crippen molar-refractivity contribution in [2.45, 2.75) is 19.4 Å². The Kier molecular flexibility index (Phi) is 5.69. The minimum atomic E-state index is -0.135. The molecule has 0 aromatic heterocycles. The molecule has 3 nitrogen and oxygen atoms in total. The lowest BCUT2D eigenvalue weighted by Crippen LogP contribution is -2.28. The third kappa shape index (κ3) is 4.15. The molecule has 0 aliphatic rings. The zero-order valence-corrected chi connectivity index (χ0v) is 13.9. The maximum atomic E-state index is 12.2. The van der Waals surface area contributed by atoms with Gasteiger partial charge in [0.15, 0.2) is 0 Å². The Morgan fingerprint density at radius 2 is 1.82 bits per heavy atom. The summed E-state index contributed by atoms with van der Waals surface area (Å²) in [4.78, 5) is 12.2. The molecule has 2 aromatic rings. The minimum absolute atomic E-state index is 0.134. The molecule has 1 unspecified atom stereocenters. The second kappa shape index (κ2) is 7.52. The van der Waals surface area contributed by atoms with Crippen LogP contribution in [-0.4, -0.2) is 13.0 Å². The minimum Gasteiger partial charge on any atom is -0.497 e. The van der Waals surface area contributed by atoms with E-state index in [9.17, 15) is 4.79 Å². The van der Waals surface area contributed by atoms with E-state index in [2.05, 4.69) is 5.32 Å². The summed E-state index contributed by atoms with van der Waals surface area (Å²) in [6.07, 6.45) is 0.146. The Labute approximate surface area is 140 Å². The monoisotopic (exact) mass is 337 g/mol. The molecule has 0 bridgehead atoms. The molecule has 0 heterocycles. The molecule has 0 fully saturated rings. The van der Waals surface area contributed by atoms with E-state index in [1.807, 2.05) is 31.2 Å². The number of halogens is 2. The van der Waals surface area contributed by atoms with Crippen molar-refractivity contribution in [1.29, 1.82) is 0 Å². The van der Waals surface area contributed by atoms with Gasteiger partial charge in [-0.1, -0.05) is 41.4 Å². The van der Waals surface area contributed by atoms with Gasteiger partial charge in [0.2, 0.25) is 5.91 Å². The molecule has 2 rings (SSSR count). The summed E-state index contributed by atoms with van der Waals surface area (Å²) < 4.78 is 5.19. The van der Waals surface area contributed by atoms with Crippen LogP contribution >= 0.6 is 23.2 Å². The van der Waals surface area contributed by atoms with Crippen molar-refractivity contribution in [2.75, 3.05) is 7.11 Å². The van der Waals surface area contributed by atoms with Crippen LogP contribution in [0.3, 0.4) is 0 Å². The Bertz CT molecular complexity index is 653. The van der Waals surface area contributed by atoms with Crippen LogP contribution in [-0.2, 0) is 11.2 Å². The van der Waals surface area contributed by atoms with Gasteiger partial charge < -0.3 is 10.1 Å². The number of carbonyl (C=O) groups excluding carboxylic acids is 1. The van der Waals surface area contributed by atoms with Gasteiger partial charge in [0.05, 0.1) is 19.6 Å². The van der Waals surface area contributed by atoms with Crippen molar-refractivity contribution in [3.63, 3.8) is 0 Å². The molecular weight excluding hydrogens is 321 g/mol. The Balaban J connectivity index is 2.05. The first-order valence-electron chi connectivity index (χ1n) is 6.87. The van der Waals surface area contributed by atoms with Crippen molar-refractivity contribution in [3.8, 4) is 5.75 Å². The third-order valence-electron chi connectivity index (χ3n) is 3.37. The van der Waals surface area contributed by atoms with Crippen LogP contribution in [0.15, 0.2) is 42.5 Å². The summed E-state index contributed by atoms with van der Waals surface area (Å²) in [5.74, 6) is 0.623. The summed E-state index contributed by atoms with van der Waals surface area (Å²) in [5, 5.41) is 3.93. The van der Waals surface area contributed by atoms with E-state index in [0.717, 1.165) is 11.3 Å². The predicted octanol–water partition coefficient (Wildman–Crippen LogP) is 4.42. The Morgan fingerprint density at radius 3 is 2.45 bits per heavy atom. The van der Waals surface area contributed by atoms with Gasteiger partial charge in [0, 0.05) is 10.0 Å². The van der Waals surface area contributed by atoms with E-state index in [0.29, 0.717) is 15.6 Å². The average Bonchev–Trinajstić information content (AvgIpc) is 2.51. The highest BCUT2D eigenvalue weighted by Crippen LogP contribution is 2.25. The van der Waals surface area contributed by atoms with Crippen LogP contribution in [0.1, 0.15) is 24.1 Å². The van der Waals surface area contributed by atoms with Crippen LogP contribution in [0, 0.1) is 0 Å². The molecular formula is C17H17Cl2NO2. The molecule has 0 aliphatic heterocycles. The molecule has 22 heavy (non-hydrogen) atoms. The number of ether oxygens (including phenoxy) is 1. The first-order valence-corrected chi connectivity index (χ1v) is 7.63. The lowest BCUT2D eigenvalue weighted by atomic mass is 10.1. The van der Waals surface area contributed by atoms with E-state index in [4.69, 9.17) is 27.9 Å². The Hall–Kier alpha value is -1.71. The number of hydrogen-bond donors (Lipinski definition) is 1. The lowest BCUT2D eigenvalue weighted by molar-refractivity contribution is -0.121. The van der Waals surface area contributed by atoms with Gasteiger partial charge in [-0.15, -0.1) is 0 Å². The average molecular weight is 338 g/mol. The van der Waals surface area contributed by atoms with Crippen LogP contribution < -0.4 is 10.1 Å². The molecule has 0 aliphatic carbocycles. The standard InChI is InChI=1S/C17H17Cl2NO2/c1-11(12-5-3-6-13(9-12)22-2)20-17(21)10-14-15(18)7-4-8-16(14)19/h3-9,11H,10H2,1-2H3,(H,20,21). The molecule has 1 amide bonds. The fraction of sp³-hybridized carbons (Fsp3) is 0.235. The second-order valence-corrected chi connectivity index (χ2v) is 5.76. The SMILES string of the molecule is COc1cccc(C(C)NC(=O)Cc2c(Cl)cccc2Cl)c1. The molecule has 1 N–H and O–H groups in total. The first-order chi connectivity index (χ1) is 10.5. The van der Waals surface area contributed by atoms with Crippen molar-refractivity contribution < 1.29 is 9.53 Å². The molecule has 116 valence electrons. The van der Waals surface area contributed by atoms with E-state index >= 15 is 0 Å². The third-order valence-corrected chi connectivity index (χ3v) is 4.08. The number of hydrogen-bond acceptors (Lipinski definition) is 2. The summed E-state index contributed by atoms with van der Waals surface area (Å²) in [6.45, 7) is 1.92. The number of carbonyl (C=O) groups is 1. The molecule has 5 heteroatoms. The van der Waals surface area contributed by atoms with Gasteiger partial charge in [-0.25, -0.2) is 0 Å². The molecule has 0 spiro atoms. The summed E-state index contributed by atoms with van der Waals surface area (Å²) in [7, 11) is 1.61. The molecule has 1 atom stereocenters. The highest BCUT2D eigenvalue weighted by molar-refractivity contribution is 6.36. The fourth-order valence-corrected chi connectivity index (χ4v) is 2.68. The summed E-state index contributed by atoms with van der Waals surface area (Å²) in [5.41, 5.74) is 1.61. The molecule has 0 radical (unpaired) electrons. The molecule has 0 saturated heterocycles. The van der Waals surface area contributed by atoms with E-state index in [1.54, 1.807) is 25.3 Å². The van der Waals surface area contributed by atoms with Gasteiger partial charge in [0.1, 0.15) is 5.75 Å². The quantitative estimate of drug-likeness (QED) is 0.876. The second-order valence-electron chi connectivity index (χ2n) is 4.94. The van der Waals surface area contributed by atoms with E-state index in [1.165, 1.54) is 0 Å². The fourth-order valence-electron chi connectivity index (χ4n) is 2.15. The summed E-state index contributed by atoms with van der Waals surface area (Å²) >= 11 is 12.2. The number of nitrogens with one attached hydrogen (secondary N) is 1. The van der Waals surface area contributed by atoms with Crippen LogP contribution in [0.4, 0.5) is 0 Å². The topological polar surface area (TPSA) is 38.3 Å². The lowest BCUT2D eigenvalue weighted by Gasteiger charge is -2.16. The number of benzene rings is 2. The van der Waals surface area contributed by atoms with Gasteiger partial charge in [-0.3, -0.25) is 4.79 Å². The van der Waals surface area contributed by atoms with Crippen LogP contribution in [0.2, 0.25) is 10.0 Å².